The zero-order valence-electron chi connectivity index (χ0n) is 11.8. The fourth-order valence-corrected chi connectivity index (χ4v) is 3.02. The van der Waals surface area contributed by atoms with Gasteiger partial charge in [0.15, 0.2) is 0 Å². The summed E-state index contributed by atoms with van der Waals surface area (Å²) in [6.07, 6.45) is 8.60. The molecule has 1 atom stereocenters. The average Bonchev–Trinajstić information content (AvgIpc) is 3.06. The monoisotopic (exact) mass is 238 g/mol. The zero-order valence-corrected chi connectivity index (χ0v) is 11.8. The first-order valence-corrected chi connectivity index (χ1v) is 7.70. The summed E-state index contributed by atoms with van der Waals surface area (Å²) in [6, 6.07) is 0.735. The summed E-state index contributed by atoms with van der Waals surface area (Å²) in [5.74, 6) is 1.92. The number of hydrogen-bond acceptors (Lipinski definition) is 2. The van der Waals surface area contributed by atoms with Crippen molar-refractivity contribution >= 4 is 0 Å². The predicted molar refractivity (Wildman–Crippen MR) is 74.3 cm³/mol. The number of nitrogens with zero attached hydrogens (tertiary/aromatic N) is 1. The van der Waals surface area contributed by atoms with Crippen LogP contribution in [0.5, 0.6) is 0 Å². The molecule has 0 radical (unpaired) electrons. The second kappa shape index (κ2) is 6.75. The molecule has 17 heavy (non-hydrogen) atoms. The maximum Gasteiger partial charge on any atom is 0.0197 e. The summed E-state index contributed by atoms with van der Waals surface area (Å²) < 4.78 is 0. The van der Waals surface area contributed by atoms with Crippen LogP contribution >= 0.6 is 0 Å². The van der Waals surface area contributed by atoms with Gasteiger partial charge in [-0.1, -0.05) is 26.7 Å². The summed E-state index contributed by atoms with van der Waals surface area (Å²) in [6.45, 7) is 9.83. The zero-order chi connectivity index (χ0) is 12.1. The Morgan fingerprint density at radius 1 is 1.29 bits per heavy atom. The molecule has 1 aliphatic heterocycles. The van der Waals surface area contributed by atoms with Gasteiger partial charge in [0.05, 0.1) is 0 Å². The van der Waals surface area contributed by atoms with Crippen molar-refractivity contribution in [3.05, 3.63) is 0 Å². The van der Waals surface area contributed by atoms with Crippen LogP contribution < -0.4 is 5.32 Å². The van der Waals surface area contributed by atoms with Gasteiger partial charge in [0, 0.05) is 12.6 Å². The largest absolute Gasteiger partial charge is 0.313 e. The maximum atomic E-state index is 3.71. The number of nitrogens with one attached hydrogen (secondary N) is 1. The molecule has 0 bridgehead atoms. The molecule has 0 aromatic rings. The van der Waals surface area contributed by atoms with Crippen LogP contribution in [0.2, 0.25) is 0 Å². The third-order valence-electron chi connectivity index (χ3n) is 4.10. The minimum absolute atomic E-state index is 0.735. The van der Waals surface area contributed by atoms with Crippen molar-refractivity contribution in [2.24, 2.45) is 11.8 Å². The van der Waals surface area contributed by atoms with E-state index >= 15 is 0 Å². The molecular formula is C15H30N2. The standard InChI is InChI=1S/C15H30N2/c1-13(2)11-15-12-17(10-4-8-16-15)9-3-5-14-6-7-14/h13-16H,3-12H2,1-2H3. The van der Waals surface area contributed by atoms with Crippen molar-refractivity contribution in [3.63, 3.8) is 0 Å². The van der Waals surface area contributed by atoms with E-state index in [1.807, 2.05) is 0 Å². The van der Waals surface area contributed by atoms with Crippen molar-refractivity contribution in [1.82, 2.24) is 10.2 Å². The molecule has 2 heteroatoms. The molecular weight excluding hydrogens is 208 g/mol. The molecule has 2 aliphatic rings. The average molecular weight is 238 g/mol. The third-order valence-corrected chi connectivity index (χ3v) is 4.10. The second-order valence-electron chi connectivity index (χ2n) is 6.52. The van der Waals surface area contributed by atoms with Gasteiger partial charge in [-0.15, -0.1) is 0 Å². The SMILES string of the molecule is CC(C)CC1CN(CCCC2CC2)CCCN1. The Bertz CT molecular complexity index is 211. The highest BCUT2D eigenvalue weighted by Gasteiger charge is 2.22. The molecule has 100 valence electrons. The molecule has 1 saturated carbocycles. The second-order valence-corrected chi connectivity index (χ2v) is 6.52. The molecule has 1 heterocycles. The molecule has 1 aliphatic carbocycles. The highest BCUT2D eigenvalue weighted by molar-refractivity contribution is 4.78. The molecule has 1 N–H and O–H groups in total. The first-order chi connectivity index (χ1) is 8.24. The first kappa shape index (κ1) is 13.4. The summed E-state index contributed by atoms with van der Waals surface area (Å²) in [5.41, 5.74) is 0. The van der Waals surface area contributed by atoms with Gasteiger partial charge in [0.2, 0.25) is 0 Å². The Labute approximate surface area is 107 Å². The van der Waals surface area contributed by atoms with Crippen molar-refractivity contribution in [2.45, 2.75) is 58.4 Å². The lowest BCUT2D eigenvalue weighted by Crippen LogP contribution is -2.38. The molecule has 1 unspecified atom stereocenters. The van der Waals surface area contributed by atoms with Gasteiger partial charge in [0.25, 0.3) is 0 Å². The summed E-state index contributed by atoms with van der Waals surface area (Å²) in [5, 5.41) is 3.71. The molecule has 0 amide bonds. The van der Waals surface area contributed by atoms with E-state index in [0.717, 1.165) is 17.9 Å². The molecule has 1 saturated heterocycles. The molecule has 2 fully saturated rings. The summed E-state index contributed by atoms with van der Waals surface area (Å²) >= 11 is 0. The van der Waals surface area contributed by atoms with Crippen molar-refractivity contribution in [3.8, 4) is 0 Å². The Morgan fingerprint density at radius 2 is 2.12 bits per heavy atom. The van der Waals surface area contributed by atoms with E-state index in [2.05, 4.69) is 24.1 Å². The van der Waals surface area contributed by atoms with E-state index in [4.69, 9.17) is 0 Å². The van der Waals surface area contributed by atoms with Gasteiger partial charge >= 0.3 is 0 Å². The van der Waals surface area contributed by atoms with Crippen LogP contribution in [-0.4, -0.2) is 37.1 Å². The first-order valence-electron chi connectivity index (χ1n) is 7.70. The normalized spacial score (nSPS) is 27.4. The number of rotatable bonds is 6. The lowest BCUT2D eigenvalue weighted by atomic mass is 10.0. The van der Waals surface area contributed by atoms with Crippen LogP contribution in [-0.2, 0) is 0 Å². The van der Waals surface area contributed by atoms with Crippen LogP contribution in [0.25, 0.3) is 0 Å². The number of hydrogen-bond donors (Lipinski definition) is 1. The maximum absolute atomic E-state index is 3.71. The van der Waals surface area contributed by atoms with Gasteiger partial charge < -0.3 is 10.2 Å². The van der Waals surface area contributed by atoms with E-state index in [-0.39, 0.29) is 0 Å². The van der Waals surface area contributed by atoms with Gasteiger partial charge in [0.1, 0.15) is 0 Å². The van der Waals surface area contributed by atoms with E-state index < -0.39 is 0 Å². The highest BCUT2D eigenvalue weighted by atomic mass is 15.2. The highest BCUT2D eigenvalue weighted by Crippen LogP contribution is 2.33. The Balaban J connectivity index is 1.67. The Morgan fingerprint density at radius 3 is 2.82 bits per heavy atom. The summed E-state index contributed by atoms with van der Waals surface area (Å²) in [4.78, 5) is 2.70. The Kier molecular flexibility index (Phi) is 5.30. The van der Waals surface area contributed by atoms with Crippen molar-refractivity contribution in [1.29, 1.82) is 0 Å². The van der Waals surface area contributed by atoms with Gasteiger partial charge in [-0.3, -0.25) is 0 Å². The van der Waals surface area contributed by atoms with Crippen LogP contribution in [0.3, 0.4) is 0 Å². The minimum Gasteiger partial charge on any atom is -0.313 e. The van der Waals surface area contributed by atoms with Gasteiger partial charge in [-0.25, -0.2) is 0 Å². The van der Waals surface area contributed by atoms with Crippen LogP contribution in [0.15, 0.2) is 0 Å². The fraction of sp³-hybridized carbons (Fsp3) is 1.00. The Hall–Kier alpha value is -0.0800. The fourth-order valence-electron chi connectivity index (χ4n) is 3.02. The van der Waals surface area contributed by atoms with Crippen LogP contribution in [0.4, 0.5) is 0 Å². The van der Waals surface area contributed by atoms with E-state index in [0.29, 0.717) is 0 Å². The molecule has 0 aromatic heterocycles. The molecule has 0 aromatic carbocycles. The van der Waals surface area contributed by atoms with Crippen molar-refractivity contribution in [2.75, 3.05) is 26.2 Å². The molecule has 2 nitrogen and oxygen atoms in total. The van der Waals surface area contributed by atoms with Crippen LogP contribution in [0, 0.1) is 11.8 Å². The third kappa shape index (κ3) is 5.39. The van der Waals surface area contributed by atoms with E-state index in [1.165, 1.54) is 64.7 Å². The minimum atomic E-state index is 0.735. The molecule has 2 rings (SSSR count). The quantitative estimate of drug-likeness (QED) is 0.765. The van der Waals surface area contributed by atoms with Gasteiger partial charge in [-0.05, 0) is 57.2 Å². The van der Waals surface area contributed by atoms with E-state index in [1.54, 1.807) is 0 Å². The van der Waals surface area contributed by atoms with Crippen LogP contribution in [0.1, 0.15) is 52.4 Å². The lowest BCUT2D eigenvalue weighted by Gasteiger charge is -2.25. The lowest BCUT2D eigenvalue weighted by molar-refractivity contribution is 0.249. The predicted octanol–water partition coefficient (Wildman–Crippen LogP) is 2.89. The van der Waals surface area contributed by atoms with Gasteiger partial charge in [-0.2, -0.15) is 0 Å². The molecule has 0 spiro atoms. The smallest absolute Gasteiger partial charge is 0.0197 e. The summed E-state index contributed by atoms with van der Waals surface area (Å²) in [7, 11) is 0. The van der Waals surface area contributed by atoms with Crippen molar-refractivity contribution < 1.29 is 0 Å². The van der Waals surface area contributed by atoms with E-state index in [9.17, 15) is 0 Å². The topological polar surface area (TPSA) is 15.3 Å².